The van der Waals surface area contributed by atoms with Crippen LogP contribution in [-0.2, 0) is 6.54 Å². The molecular weight excluding hydrogens is 243 g/mol. The first-order valence-electron chi connectivity index (χ1n) is 5.21. The molecule has 0 aliphatic heterocycles. The van der Waals surface area contributed by atoms with Gasteiger partial charge in [-0.1, -0.05) is 6.92 Å². The Hall–Kier alpha value is -1.14. The molecule has 0 fully saturated rings. The van der Waals surface area contributed by atoms with E-state index in [2.05, 4.69) is 12.2 Å². The van der Waals surface area contributed by atoms with Gasteiger partial charge in [0.25, 0.3) is 5.69 Å². The number of hydrogen-bond acceptors (Lipinski definition) is 4. The molecule has 0 aromatic heterocycles. The summed E-state index contributed by atoms with van der Waals surface area (Å²) < 4.78 is 13.0. The standard InChI is InChI=1S/C11H15FN2O2S/c1-8(17-2)6-13-7-9-5-10(12)3-4-11(9)14(15)16/h3-5,8,13H,6-7H2,1-2H3. The highest BCUT2D eigenvalue weighted by Gasteiger charge is 2.14. The van der Waals surface area contributed by atoms with Gasteiger partial charge in [-0.25, -0.2) is 4.39 Å². The van der Waals surface area contributed by atoms with Gasteiger partial charge in [0.1, 0.15) is 5.82 Å². The van der Waals surface area contributed by atoms with Gasteiger partial charge in [0.05, 0.1) is 4.92 Å². The third-order valence-corrected chi connectivity index (χ3v) is 3.36. The third kappa shape index (κ3) is 4.32. The molecule has 17 heavy (non-hydrogen) atoms. The molecule has 4 nitrogen and oxygen atoms in total. The number of nitro groups is 1. The second-order valence-electron chi connectivity index (χ2n) is 3.71. The normalized spacial score (nSPS) is 12.4. The van der Waals surface area contributed by atoms with Crippen LogP contribution in [0, 0.1) is 15.9 Å². The highest BCUT2D eigenvalue weighted by molar-refractivity contribution is 7.99. The molecule has 0 heterocycles. The first-order chi connectivity index (χ1) is 8.04. The summed E-state index contributed by atoms with van der Waals surface area (Å²) >= 11 is 1.70. The molecule has 1 atom stereocenters. The number of hydrogen-bond donors (Lipinski definition) is 1. The van der Waals surface area contributed by atoms with Crippen molar-refractivity contribution in [2.24, 2.45) is 0 Å². The van der Waals surface area contributed by atoms with Crippen molar-refractivity contribution in [2.75, 3.05) is 12.8 Å². The number of nitro benzene ring substituents is 1. The summed E-state index contributed by atoms with van der Waals surface area (Å²) in [6.45, 7) is 3.09. The van der Waals surface area contributed by atoms with E-state index in [-0.39, 0.29) is 5.69 Å². The molecule has 0 amide bonds. The van der Waals surface area contributed by atoms with Crippen LogP contribution in [0.1, 0.15) is 12.5 Å². The molecule has 1 aromatic carbocycles. The smallest absolute Gasteiger partial charge is 0.274 e. The Morgan fingerprint density at radius 1 is 1.59 bits per heavy atom. The van der Waals surface area contributed by atoms with Gasteiger partial charge >= 0.3 is 0 Å². The van der Waals surface area contributed by atoms with Gasteiger partial charge in [-0.05, 0) is 18.4 Å². The first kappa shape index (κ1) is 13.9. The van der Waals surface area contributed by atoms with E-state index in [1.165, 1.54) is 12.1 Å². The Morgan fingerprint density at radius 3 is 2.88 bits per heavy atom. The second-order valence-corrected chi connectivity index (χ2v) is 4.98. The number of rotatable bonds is 6. The highest BCUT2D eigenvalue weighted by Crippen LogP contribution is 2.19. The molecule has 94 valence electrons. The molecule has 0 saturated carbocycles. The van der Waals surface area contributed by atoms with Crippen LogP contribution in [0.3, 0.4) is 0 Å². The van der Waals surface area contributed by atoms with Crippen LogP contribution < -0.4 is 5.32 Å². The maximum absolute atomic E-state index is 13.0. The molecule has 0 saturated heterocycles. The van der Waals surface area contributed by atoms with Crippen LogP contribution in [0.5, 0.6) is 0 Å². The molecule has 1 unspecified atom stereocenters. The molecule has 0 aliphatic carbocycles. The van der Waals surface area contributed by atoms with Crippen molar-refractivity contribution in [1.29, 1.82) is 0 Å². The van der Waals surface area contributed by atoms with Crippen molar-refractivity contribution in [3.05, 3.63) is 39.7 Å². The largest absolute Gasteiger partial charge is 0.311 e. The summed E-state index contributed by atoms with van der Waals surface area (Å²) in [7, 11) is 0. The van der Waals surface area contributed by atoms with E-state index >= 15 is 0 Å². The van der Waals surface area contributed by atoms with Gasteiger partial charge < -0.3 is 5.32 Å². The summed E-state index contributed by atoms with van der Waals surface area (Å²) in [5.41, 5.74) is 0.332. The van der Waals surface area contributed by atoms with E-state index in [1.54, 1.807) is 11.8 Å². The van der Waals surface area contributed by atoms with E-state index in [0.717, 1.165) is 12.6 Å². The lowest BCUT2D eigenvalue weighted by molar-refractivity contribution is -0.385. The molecule has 0 spiro atoms. The van der Waals surface area contributed by atoms with Crippen LogP contribution in [0.25, 0.3) is 0 Å². The summed E-state index contributed by atoms with van der Waals surface area (Å²) in [6.07, 6.45) is 2.00. The molecule has 0 radical (unpaired) electrons. The van der Waals surface area contributed by atoms with Crippen molar-refractivity contribution in [2.45, 2.75) is 18.7 Å². The van der Waals surface area contributed by atoms with E-state index in [9.17, 15) is 14.5 Å². The van der Waals surface area contributed by atoms with Crippen LogP contribution in [-0.4, -0.2) is 23.0 Å². The molecule has 0 aliphatic rings. The zero-order valence-corrected chi connectivity index (χ0v) is 10.6. The Bertz CT molecular complexity index is 401. The van der Waals surface area contributed by atoms with E-state index in [4.69, 9.17) is 0 Å². The second kappa shape index (κ2) is 6.56. The van der Waals surface area contributed by atoms with Crippen LogP contribution >= 0.6 is 11.8 Å². The van der Waals surface area contributed by atoms with Crippen LogP contribution in [0.4, 0.5) is 10.1 Å². The molecule has 0 bridgehead atoms. The third-order valence-electron chi connectivity index (χ3n) is 2.39. The average Bonchev–Trinajstić information content (AvgIpc) is 2.28. The zero-order chi connectivity index (χ0) is 12.8. The van der Waals surface area contributed by atoms with E-state index in [1.807, 2.05) is 6.26 Å². The van der Waals surface area contributed by atoms with Gasteiger partial charge in [-0.2, -0.15) is 11.8 Å². The van der Waals surface area contributed by atoms with Crippen LogP contribution in [0.15, 0.2) is 18.2 Å². The topological polar surface area (TPSA) is 55.2 Å². The fourth-order valence-corrected chi connectivity index (χ4v) is 1.65. The molecule has 1 N–H and O–H groups in total. The molecular formula is C11H15FN2O2S. The highest BCUT2D eigenvalue weighted by atomic mass is 32.2. The Labute approximate surface area is 104 Å². The lowest BCUT2D eigenvalue weighted by atomic mass is 10.1. The monoisotopic (exact) mass is 258 g/mol. The first-order valence-corrected chi connectivity index (χ1v) is 6.49. The lowest BCUT2D eigenvalue weighted by Gasteiger charge is -2.10. The summed E-state index contributed by atoms with van der Waals surface area (Å²) in [5.74, 6) is -0.453. The minimum absolute atomic E-state index is 0.0456. The van der Waals surface area contributed by atoms with Crippen LogP contribution in [0.2, 0.25) is 0 Å². The Kier molecular flexibility index (Phi) is 5.37. The maximum atomic E-state index is 13.0. The van der Waals surface area contributed by atoms with Gasteiger partial charge in [0.2, 0.25) is 0 Å². The summed E-state index contributed by atoms with van der Waals surface area (Å²) in [6, 6.07) is 3.51. The molecule has 6 heteroatoms. The Balaban J connectivity index is 2.68. The predicted molar refractivity (Wildman–Crippen MR) is 67.7 cm³/mol. The van der Waals surface area contributed by atoms with Gasteiger partial charge in [-0.3, -0.25) is 10.1 Å². The lowest BCUT2D eigenvalue weighted by Crippen LogP contribution is -2.22. The zero-order valence-electron chi connectivity index (χ0n) is 9.77. The summed E-state index contributed by atoms with van der Waals surface area (Å²) in [4.78, 5) is 10.2. The number of benzene rings is 1. The van der Waals surface area contributed by atoms with E-state index < -0.39 is 10.7 Å². The van der Waals surface area contributed by atoms with Crippen molar-refractivity contribution in [1.82, 2.24) is 5.32 Å². The minimum Gasteiger partial charge on any atom is -0.311 e. The van der Waals surface area contributed by atoms with Gasteiger partial charge in [0.15, 0.2) is 0 Å². The fraction of sp³-hybridized carbons (Fsp3) is 0.455. The Morgan fingerprint density at radius 2 is 2.29 bits per heavy atom. The van der Waals surface area contributed by atoms with Crippen molar-refractivity contribution in [3.8, 4) is 0 Å². The van der Waals surface area contributed by atoms with Crippen molar-refractivity contribution >= 4 is 17.4 Å². The molecule has 1 rings (SSSR count). The van der Waals surface area contributed by atoms with Gasteiger partial charge in [0, 0.05) is 30.0 Å². The number of halogens is 1. The summed E-state index contributed by atoms with van der Waals surface area (Å²) in [5, 5.41) is 14.2. The van der Waals surface area contributed by atoms with Crippen molar-refractivity contribution < 1.29 is 9.31 Å². The predicted octanol–water partition coefficient (Wildman–Crippen LogP) is 2.58. The average molecular weight is 258 g/mol. The number of thioether (sulfide) groups is 1. The number of nitrogens with zero attached hydrogens (tertiary/aromatic N) is 1. The minimum atomic E-state index is -0.492. The van der Waals surface area contributed by atoms with Gasteiger partial charge in [-0.15, -0.1) is 0 Å². The fourth-order valence-electron chi connectivity index (χ4n) is 1.37. The molecule has 1 aromatic rings. The SMILES string of the molecule is CSC(C)CNCc1cc(F)ccc1[N+](=O)[O-]. The van der Waals surface area contributed by atoms with Crippen molar-refractivity contribution in [3.63, 3.8) is 0 Å². The maximum Gasteiger partial charge on any atom is 0.274 e. The number of nitrogens with one attached hydrogen (secondary N) is 1. The van der Waals surface area contributed by atoms with E-state index in [0.29, 0.717) is 17.4 Å². The quantitative estimate of drug-likeness (QED) is 0.629.